The number of benzene rings is 3. The summed E-state index contributed by atoms with van der Waals surface area (Å²) in [5.74, 6) is 0.273. The van der Waals surface area contributed by atoms with Crippen LogP contribution >= 0.6 is 0 Å². The lowest BCUT2D eigenvalue weighted by Crippen LogP contribution is -2.13. The molecule has 1 aliphatic rings. The molecule has 5 heteroatoms. The molecule has 3 aromatic carbocycles. The zero-order chi connectivity index (χ0) is 26.5. The van der Waals surface area contributed by atoms with E-state index < -0.39 is 5.97 Å². The molecule has 0 heterocycles. The molecule has 0 radical (unpaired) electrons. The number of aryl methyl sites for hydroxylation is 1. The van der Waals surface area contributed by atoms with Crippen LogP contribution in [0.25, 0.3) is 11.1 Å². The van der Waals surface area contributed by atoms with Crippen molar-refractivity contribution in [2.75, 3.05) is 7.11 Å². The van der Waals surface area contributed by atoms with E-state index >= 15 is 0 Å². The van der Waals surface area contributed by atoms with Gasteiger partial charge in [-0.1, -0.05) is 52.8 Å². The highest BCUT2D eigenvalue weighted by Crippen LogP contribution is 2.39. The first-order valence-corrected chi connectivity index (χ1v) is 12.6. The topological polar surface area (TPSA) is 55.8 Å². The molecule has 4 rings (SSSR count). The summed E-state index contributed by atoms with van der Waals surface area (Å²) in [4.78, 5) is 11.2. The van der Waals surface area contributed by atoms with Crippen molar-refractivity contribution < 1.29 is 23.8 Å². The Labute approximate surface area is 214 Å². The van der Waals surface area contributed by atoms with Gasteiger partial charge in [-0.3, -0.25) is 4.79 Å². The van der Waals surface area contributed by atoms with Gasteiger partial charge in [0.25, 0.3) is 0 Å². The van der Waals surface area contributed by atoms with Crippen LogP contribution in [0.4, 0.5) is 4.39 Å². The number of carboxylic acid groups (broad SMARTS) is 1. The molecule has 1 unspecified atom stereocenters. The van der Waals surface area contributed by atoms with Crippen molar-refractivity contribution in [3.05, 3.63) is 82.7 Å². The Morgan fingerprint density at radius 3 is 2.39 bits per heavy atom. The third-order valence-electron chi connectivity index (χ3n) is 6.50. The van der Waals surface area contributed by atoms with Crippen molar-refractivity contribution in [1.29, 1.82) is 0 Å². The van der Waals surface area contributed by atoms with E-state index in [4.69, 9.17) is 9.47 Å². The van der Waals surface area contributed by atoms with Gasteiger partial charge in [0.15, 0.2) is 0 Å². The minimum absolute atomic E-state index is 0.0322. The van der Waals surface area contributed by atoms with Crippen molar-refractivity contribution in [2.45, 2.75) is 71.8 Å². The maximum Gasteiger partial charge on any atom is 0.303 e. The van der Waals surface area contributed by atoms with Gasteiger partial charge in [-0.05, 0) is 88.4 Å². The van der Waals surface area contributed by atoms with Crippen LogP contribution in [0.1, 0.15) is 75.6 Å². The minimum Gasteiger partial charge on any atom is -0.497 e. The fraction of sp³-hybridized carbons (Fsp3) is 0.387. The van der Waals surface area contributed by atoms with Crippen molar-refractivity contribution >= 4 is 5.97 Å². The van der Waals surface area contributed by atoms with E-state index in [-0.39, 0.29) is 23.6 Å². The molecule has 0 fully saturated rings. The van der Waals surface area contributed by atoms with E-state index in [9.17, 15) is 14.3 Å². The van der Waals surface area contributed by atoms with Gasteiger partial charge in [0.1, 0.15) is 23.9 Å². The number of ether oxygens (including phenoxy) is 2. The molecule has 0 spiro atoms. The van der Waals surface area contributed by atoms with E-state index in [1.54, 1.807) is 19.2 Å². The highest BCUT2D eigenvalue weighted by molar-refractivity contribution is 5.71. The van der Waals surface area contributed by atoms with E-state index in [1.807, 2.05) is 50.2 Å². The van der Waals surface area contributed by atoms with Gasteiger partial charge in [0.2, 0.25) is 0 Å². The van der Waals surface area contributed by atoms with E-state index in [2.05, 4.69) is 20.8 Å². The lowest BCUT2D eigenvalue weighted by Gasteiger charge is -2.24. The Morgan fingerprint density at radius 1 is 1.00 bits per heavy atom. The number of rotatable bonds is 7. The van der Waals surface area contributed by atoms with Gasteiger partial charge in [-0.25, -0.2) is 4.39 Å². The summed E-state index contributed by atoms with van der Waals surface area (Å²) in [5.41, 5.74) is 5.38. The van der Waals surface area contributed by atoms with Crippen molar-refractivity contribution in [2.24, 2.45) is 0 Å². The molecule has 0 saturated heterocycles. The summed E-state index contributed by atoms with van der Waals surface area (Å²) >= 11 is 0. The fourth-order valence-corrected chi connectivity index (χ4v) is 4.74. The molecule has 1 aliphatic carbocycles. The maximum atomic E-state index is 14.9. The second-order valence-corrected chi connectivity index (χ2v) is 9.96. The van der Waals surface area contributed by atoms with Gasteiger partial charge < -0.3 is 14.6 Å². The van der Waals surface area contributed by atoms with Crippen LogP contribution in [0.3, 0.4) is 0 Å². The largest absolute Gasteiger partial charge is 0.497 e. The van der Waals surface area contributed by atoms with E-state index in [0.717, 1.165) is 35.1 Å². The van der Waals surface area contributed by atoms with Crippen LogP contribution in [0.5, 0.6) is 11.5 Å². The molecular weight excluding hydrogens is 455 g/mol. The third-order valence-corrected chi connectivity index (χ3v) is 6.50. The molecule has 1 N–H and O–H groups in total. The molecule has 192 valence electrons. The van der Waals surface area contributed by atoms with Gasteiger partial charge in [-0.15, -0.1) is 0 Å². The first kappa shape index (κ1) is 27.3. The zero-order valence-electron chi connectivity index (χ0n) is 22.2. The predicted octanol–water partition coefficient (Wildman–Crippen LogP) is 7.91. The molecule has 3 aromatic rings. The summed E-state index contributed by atoms with van der Waals surface area (Å²) in [6.45, 7) is 10.7. The molecule has 0 aromatic heterocycles. The highest BCUT2D eigenvalue weighted by atomic mass is 19.1. The summed E-state index contributed by atoms with van der Waals surface area (Å²) < 4.78 is 26.3. The Morgan fingerprint density at radius 2 is 1.72 bits per heavy atom. The van der Waals surface area contributed by atoms with Crippen molar-refractivity contribution in [3.63, 3.8) is 0 Å². The van der Waals surface area contributed by atoms with E-state index in [0.29, 0.717) is 23.7 Å². The number of hydrogen-bond acceptors (Lipinski definition) is 3. The Hall–Kier alpha value is -3.34. The number of halogens is 1. The van der Waals surface area contributed by atoms with Gasteiger partial charge in [-0.2, -0.15) is 0 Å². The van der Waals surface area contributed by atoms with Gasteiger partial charge in [0.05, 0.1) is 13.5 Å². The monoisotopic (exact) mass is 492 g/mol. The Balaban J connectivity index is 0.00000176. The second kappa shape index (κ2) is 11.6. The van der Waals surface area contributed by atoms with Crippen molar-refractivity contribution in [1.82, 2.24) is 0 Å². The standard InChI is InChI=1S/C29H31FO4.C2H6/c1-29(2,3)26-11-5-18(13-24(26)25-15-21(33-4)10-12-27(25)30)17-34-22-9-8-19-6-7-20(14-28(31)32)23(19)16-22;1-2/h5,8-13,15-16,20H,6-7,14,17H2,1-4H3,(H,31,32);1-2H3. The first-order valence-electron chi connectivity index (χ1n) is 12.6. The lowest BCUT2D eigenvalue weighted by atomic mass is 9.81. The average molecular weight is 493 g/mol. The van der Waals surface area contributed by atoms with Crippen LogP contribution in [0.15, 0.2) is 54.6 Å². The number of carboxylic acids is 1. The predicted molar refractivity (Wildman–Crippen MR) is 143 cm³/mol. The first-order chi connectivity index (χ1) is 17.2. The summed E-state index contributed by atoms with van der Waals surface area (Å²) in [7, 11) is 1.57. The number of aliphatic carboxylic acids is 1. The van der Waals surface area contributed by atoms with E-state index in [1.165, 1.54) is 11.6 Å². The number of fused-ring (bicyclic) bond motifs is 1. The normalized spacial score (nSPS) is 14.5. The molecule has 4 nitrogen and oxygen atoms in total. The smallest absolute Gasteiger partial charge is 0.303 e. The summed E-state index contributed by atoms with van der Waals surface area (Å²) in [5, 5.41) is 9.21. The van der Waals surface area contributed by atoms with Crippen molar-refractivity contribution in [3.8, 4) is 22.6 Å². The van der Waals surface area contributed by atoms with Gasteiger partial charge in [0, 0.05) is 5.56 Å². The SMILES string of the molecule is CC.COc1ccc(F)c(-c2cc(COc3ccc4c(c3)C(CC(=O)O)CC4)ccc2C(C)(C)C)c1. The van der Waals surface area contributed by atoms with Crippen LogP contribution in [-0.4, -0.2) is 18.2 Å². The van der Waals surface area contributed by atoms with Crippen LogP contribution in [0.2, 0.25) is 0 Å². The highest BCUT2D eigenvalue weighted by Gasteiger charge is 2.25. The number of carbonyl (C=O) groups is 1. The quantitative estimate of drug-likeness (QED) is 0.364. The summed E-state index contributed by atoms with van der Waals surface area (Å²) in [6, 6.07) is 16.8. The molecule has 0 aliphatic heterocycles. The zero-order valence-corrected chi connectivity index (χ0v) is 22.2. The molecule has 36 heavy (non-hydrogen) atoms. The van der Waals surface area contributed by atoms with Gasteiger partial charge >= 0.3 is 5.97 Å². The molecule has 0 amide bonds. The number of hydrogen-bond donors (Lipinski definition) is 1. The fourth-order valence-electron chi connectivity index (χ4n) is 4.74. The molecular formula is C31H37FO4. The van der Waals surface area contributed by atoms with Crippen LogP contribution in [-0.2, 0) is 23.2 Å². The van der Waals surface area contributed by atoms with Crippen LogP contribution < -0.4 is 9.47 Å². The summed E-state index contributed by atoms with van der Waals surface area (Å²) in [6.07, 6.45) is 1.90. The number of methoxy groups -OCH3 is 1. The Bertz CT molecular complexity index is 1210. The minimum atomic E-state index is -0.777. The average Bonchev–Trinajstić information content (AvgIpc) is 3.25. The third kappa shape index (κ3) is 6.26. The molecule has 0 saturated carbocycles. The second-order valence-electron chi connectivity index (χ2n) is 9.96. The maximum absolute atomic E-state index is 14.9. The Kier molecular flexibility index (Phi) is 8.78. The molecule has 1 atom stereocenters. The lowest BCUT2D eigenvalue weighted by molar-refractivity contribution is -0.137. The molecule has 0 bridgehead atoms. The van der Waals surface area contributed by atoms with Crippen LogP contribution in [0, 0.1) is 5.82 Å².